The summed E-state index contributed by atoms with van der Waals surface area (Å²) in [5.41, 5.74) is 0. The van der Waals surface area contributed by atoms with Gasteiger partial charge in [-0.05, 0) is 32.6 Å². The molecule has 0 radical (unpaired) electrons. The molecule has 1 saturated carbocycles. The fourth-order valence-corrected chi connectivity index (χ4v) is 2.98. The van der Waals surface area contributed by atoms with Crippen LogP contribution in [-0.2, 0) is 4.79 Å². The van der Waals surface area contributed by atoms with Crippen LogP contribution in [0.25, 0.3) is 0 Å². The van der Waals surface area contributed by atoms with E-state index in [9.17, 15) is 9.90 Å². The van der Waals surface area contributed by atoms with Crippen LogP contribution in [0.4, 0.5) is 0 Å². The first kappa shape index (κ1) is 13.8. The number of aliphatic hydroxyl groups excluding tert-OH is 1. The highest BCUT2D eigenvalue weighted by molar-refractivity contribution is 5.79. The van der Waals surface area contributed by atoms with Gasteiger partial charge >= 0.3 is 0 Å². The third-order valence-electron chi connectivity index (χ3n) is 4.34. The molecule has 0 aromatic rings. The Kier molecular flexibility index (Phi) is 5.01. The Morgan fingerprint density at radius 2 is 1.94 bits per heavy atom. The van der Waals surface area contributed by atoms with Crippen LogP contribution < -0.4 is 10.6 Å². The molecule has 2 fully saturated rings. The Morgan fingerprint density at radius 3 is 2.67 bits per heavy atom. The first-order valence-electron chi connectivity index (χ1n) is 7.38. The smallest absolute Gasteiger partial charge is 0.224 e. The highest BCUT2D eigenvalue weighted by Gasteiger charge is 2.28. The lowest BCUT2D eigenvalue weighted by molar-refractivity contribution is -0.127. The second-order valence-electron chi connectivity index (χ2n) is 5.90. The van der Waals surface area contributed by atoms with Gasteiger partial charge in [0.2, 0.25) is 5.91 Å². The molecule has 1 heterocycles. The molecule has 1 aliphatic heterocycles. The molecule has 0 aromatic heterocycles. The summed E-state index contributed by atoms with van der Waals surface area (Å²) in [6.45, 7) is 2.93. The van der Waals surface area contributed by atoms with Crippen molar-refractivity contribution in [3.05, 3.63) is 0 Å². The molecule has 2 rings (SSSR count). The van der Waals surface area contributed by atoms with Crippen molar-refractivity contribution in [2.24, 2.45) is 5.92 Å². The zero-order valence-electron chi connectivity index (χ0n) is 11.3. The fraction of sp³-hybridized carbons (Fsp3) is 0.929. The van der Waals surface area contributed by atoms with Crippen molar-refractivity contribution in [2.45, 2.75) is 70.1 Å². The summed E-state index contributed by atoms with van der Waals surface area (Å²) in [7, 11) is 0. The number of carbonyl (C=O) groups excluding carboxylic acids is 1. The third-order valence-corrected chi connectivity index (χ3v) is 4.34. The van der Waals surface area contributed by atoms with Crippen LogP contribution in [0.5, 0.6) is 0 Å². The lowest BCUT2D eigenvalue weighted by Gasteiger charge is -2.29. The first-order chi connectivity index (χ1) is 8.66. The Bertz CT molecular complexity index is 275. The molecule has 2 aliphatic rings. The minimum Gasteiger partial charge on any atom is -0.391 e. The summed E-state index contributed by atoms with van der Waals surface area (Å²) in [4.78, 5) is 12.2. The van der Waals surface area contributed by atoms with Gasteiger partial charge in [0.25, 0.3) is 0 Å². The van der Waals surface area contributed by atoms with Crippen molar-refractivity contribution >= 4 is 5.91 Å². The van der Waals surface area contributed by atoms with E-state index < -0.39 is 0 Å². The number of amides is 1. The zero-order valence-corrected chi connectivity index (χ0v) is 11.3. The predicted octanol–water partition coefficient (Wildman–Crippen LogP) is 1.18. The number of rotatable bonds is 2. The summed E-state index contributed by atoms with van der Waals surface area (Å²) in [6, 6.07) is 0.497. The molecule has 104 valence electrons. The van der Waals surface area contributed by atoms with E-state index in [1.54, 1.807) is 0 Å². The SMILES string of the molecule is CC1CCC(C(=O)NC2CCCCCC2O)CN1. The van der Waals surface area contributed by atoms with E-state index >= 15 is 0 Å². The molecule has 4 heteroatoms. The van der Waals surface area contributed by atoms with Crippen molar-refractivity contribution in [3.8, 4) is 0 Å². The molecule has 0 bridgehead atoms. The molecular formula is C14H26N2O2. The van der Waals surface area contributed by atoms with Crippen LogP contribution >= 0.6 is 0 Å². The number of nitrogens with one attached hydrogen (secondary N) is 2. The van der Waals surface area contributed by atoms with E-state index in [4.69, 9.17) is 0 Å². The van der Waals surface area contributed by atoms with Crippen molar-refractivity contribution < 1.29 is 9.90 Å². The lowest BCUT2D eigenvalue weighted by atomic mass is 9.94. The van der Waals surface area contributed by atoms with Gasteiger partial charge in [-0.2, -0.15) is 0 Å². The largest absolute Gasteiger partial charge is 0.391 e. The summed E-state index contributed by atoms with van der Waals surface area (Å²) in [5.74, 6) is 0.206. The van der Waals surface area contributed by atoms with Gasteiger partial charge < -0.3 is 15.7 Å². The van der Waals surface area contributed by atoms with Crippen LogP contribution in [0.3, 0.4) is 0 Å². The van der Waals surface area contributed by atoms with Gasteiger partial charge in [-0.15, -0.1) is 0 Å². The maximum absolute atomic E-state index is 12.2. The van der Waals surface area contributed by atoms with Crippen LogP contribution in [0.2, 0.25) is 0 Å². The van der Waals surface area contributed by atoms with Crippen LogP contribution in [0.15, 0.2) is 0 Å². The molecule has 0 spiro atoms. The van der Waals surface area contributed by atoms with Crippen molar-refractivity contribution in [2.75, 3.05) is 6.54 Å². The molecule has 1 amide bonds. The number of carbonyl (C=O) groups is 1. The maximum atomic E-state index is 12.2. The topological polar surface area (TPSA) is 61.4 Å². The minimum atomic E-state index is -0.355. The van der Waals surface area contributed by atoms with E-state index in [-0.39, 0.29) is 24.0 Å². The molecule has 0 aromatic carbocycles. The van der Waals surface area contributed by atoms with Gasteiger partial charge in [-0.25, -0.2) is 0 Å². The quantitative estimate of drug-likeness (QED) is 0.649. The molecule has 1 aliphatic carbocycles. The zero-order chi connectivity index (χ0) is 13.0. The maximum Gasteiger partial charge on any atom is 0.224 e. The Hall–Kier alpha value is -0.610. The highest BCUT2D eigenvalue weighted by Crippen LogP contribution is 2.20. The average molecular weight is 254 g/mol. The first-order valence-corrected chi connectivity index (χ1v) is 7.38. The van der Waals surface area contributed by atoms with Crippen molar-refractivity contribution in [1.29, 1.82) is 0 Å². The summed E-state index contributed by atoms with van der Waals surface area (Å²) in [6.07, 6.45) is 6.78. The number of hydrogen-bond acceptors (Lipinski definition) is 3. The third kappa shape index (κ3) is 3.69. The summed E-state index contributed by atoms with van der Waals surface area (Å²) >= 11 is 0. The van der Waals surface area contributed by atoms with E-state index in [0.29, 0.717) is 6.04 Å². The van der Waals surface area contributed by atoms with Gasteiger partial charge in [0.1, 0.15) is 0 Å². The molecule has 4 atom stereocenters. The van der Waals surface area contributed by atoms with E-state index in [0.717, 1.165) is 45.1 Å². The lowest BCUT2D eigenvalue weighted by Crippen LogP contribution is -2.49. The normalized spacial score (nSPS) is 37.9. The fourth-order valence-electron chi connectivity index (χ4n) is 2.98. The van der Waals surface area contributed by atoms with Crippen LogP contribution in [-0.4, -0.2) is 35.7 Å². The second-order valence-corrected chi connectivity index (χ2v) is 5.90. The number of hydrogen-bond donors (Lipinski definition) is 3. The number of piperidine rings is 1. The van der Waals surface area contributed by atoms with Gasteiger partial charge in [0, 0.05) is 12.6 Å². The van der Waals surface area contributed by atoms with E-state index in [1.165, 1.54) is 6.42 Å². The molecular weight excluding hydrogens is 228 g/mol. The Morgan fingerprint density at radius 1 is 1.17 bits per heavy atom. The minimum absolute atomic E-state index is 0.0284. The molecule has 18 heavy (non-hydrogen) atoms. The molecule has 4 nitrogen and oxygen atoms in total. The van der Waals surface area contributed by atoms with Gasteiger partial charge in [-0.3, -0.25) is 4.79 Å². The second kappa shape index (κ2) is 6.53. The number of aliphatic hydroxyl groups is 1. The van der Waals surface area contributed by atoms with Crippen molar-refractivity contribution in [3.63, 3.8) is 0 Å². The van der Waals surface area contributed by atoms with Crippen LogP contribution in [0.1, 0.15) is 51.9 Å². The van der Waals surface area contributed by atoms with E-state index in [1.807, 2.05) is 0 Å². The Labute approximate surface area is 110 Å². The molecule has 1 saturated heterocycles. The predicted molar refractivity (Wildman–Crippen MR) is 71.2 cm³/mol. The van der Waals surface area contributed by atoms with Crippen LogP contribution in [0, 0.1) is 5.92 Å². The Balaban J connectivity index is 1.82. The van der Waals surface area contributed by atoms with Crippen molar-refractivity contribution in [1.82, 2.24) is 10.6 Å². The highest BCUT2D eigenvalue weighted by atomic mass is 16.3. The van der Waals surface area contributed by atoms with Gasteiger partial charge in [0.05, 0.1) is 18.1 Å². The summed E-state index contributed by atoms with van der Waals surface area (Å²) < 4.78 is 0. The monoisotopic (exact) mass is 254 g/mol. The molecule has 4 unspecified atom stereocenters. The van der Waals surface area contributed by atoms with Gasteiger partial charge in [-0.1, -0.05) is 19.3 Å². The van der Waals surface area contributed by atoms with E-state index in [2.05, 4.69) is 17.6 Å². The average Bonchev–Trinajstić information content (AvgIpc) is 2.56. The standard InChI is InChI=1S/C14H26N2O2/c1-10-7-8-11(9-15-10)14(18)16-12-5-3-2-4-6-13(12)17/h10-13,15,17H,2-9H2,1H3,(H,16,18). The molecule has 3 N–H and O–H groups in total. The van der Waals surface area contributed by atoms with Gasteiger partial charge in [0.15, 0.2) is 0 Å². The summed E-state index contributed by atoms with van der Waals surface area (Å²) in [5, 5.41) is 16.4.